The molecule has 0 spiro atoms. The molecule has 19 heavy (non-hydrogen) atoms. The second-order valence-corrected chi connectivity index (χ2v) is 4.61. The Morgan fingerprint density at radius 1 is 1.05 bits per heavy atom. The summed E-state index contributed by atoms with van der Waals surface area (Å²) in [5.74, 6) is 0.996. The van der Waals surface area contributed by atoms with Crippen LogP contribution in [-0.4, -0.2) is 13.2 Å². The number of hydrogen-bond donors (Lipinski definition) is 1. The van der Waals surface area contributed by atoms with Crippen LogP contribution < -0.4 is 10.1 Å². The van der Waals surface area contributed by atoms with Crippen molar-refractivity contribution < 1.29 is 4.74 Å². The quantitative estimate of drug-likeness (QED) is 0.786. The van der Waals surface area contributed by atoms with E-state index in [0.29, 0.717) is 6.61 Å². The highest BCUT2D eigenvalue weighted by Gasteiger charge is 2.00. The number of aryl methyl sites for hydroxylation is 2. The summed E-state index contributed by atoms with van der Waals surface area (Å²) in [5.41, 5.74) is 3.67. The van der Waals surface area contributed by atoms with Crippen molar-refractivity contribution in [3.05, 3.63) is 59.7 Å². The summed E-state index contributed by atoms with van der Waals surface area (Å²) in [7, 11) is 0. The molecule has 0 heterocycles. The maximum absolute atomic E-state index is 5.82. The van der Waals surface area contributed by atoms with Crippen LogP contribution in [0.15, 0.2) is 48.5 Å². The Morgan fingerprint density at radius 2 is 1.89 bits per heavy atom. The highest BCUT2D eigenvalue weighted by molar-refractivity contribution is 5.45. The summed E-state index contributed by atoms with van der Waals surface area (Å²) in [6.45, 7) is 5.72. The molecule has 0 aromatic heterocycles. The first-order valence-electron chi connectivity index (χ1n) is 6.81. The zero-order valence-corrected chi connectivity index (χ0v) is 11.6. The largest absolute Gasteiger partial charge is 0.491 e. The summed E-state index contributed by atoms with van der Waals surface area (Å²) >= 11 is 0. The highest BCUT2D eigenvalue weighted by Crippen LogP contribution is 2.18. The number of ether oxygens (including phenoxy) is 1. The van der Waals surface area contributed by atoms with Gasteiger partial charge in [-0.1, -0.05) is 37.3 Å². The van der Waals surface area contributed by atoms with E-state index in [-0.39, 0.29) is 0 Å². The molecular weight excluding hydrogens is 234 g/mol. The predicted octanol–water partition coefficient (Wildman–Crippen LogP) is 4.05. The number of rotatable bonds is 6. The smallest absolute Gasteiger partial charge is 0.122 e. The van der Waals surface area contributed by atoms with Crippen LogP contribution in [0.2, 0.25) is 0 Å². The van der Waals surface area contributed by atoms with Crippen LogP contribution >= 0.6 is 0 Å². The molecule has 0 fully saturated rings. The van der Waals surface area contributed by atoms with E-state index in [9.17, 15) is 0 Å². The van der Waals surface area contributed by atoms with E-state index in [4.69, 9.17) is 4.74 Å². The van der Waals surface area contributed by atoms with Gasteiger partial charge in [-0.3, -0.25) is 0 Å². The van der Waals surface area contributed by atoms with Crippen LogP contribution in [0.4, 0.5) is 5.69 Å². The van der Waals surface area contributed by atoms with Crippen LogP contribution in [0, 0.1) is 6.92 Å². The van der Waals surface area contributed by atoms with E-state index in [1.807, 2.05) is 12.1 Å². The van der Waals surface area contributed by atoms with Crippen molar-refractivity contribution in [3.8, 4) is 5.75 Å². The second kappa shape index (κ2) is 6.83. The third-order valence-corrected chi connectivity index (χ3v) is 3.06. The van der Waals surface area contributed by atoms with Gasteiger partial charge in [0, 0.05) is 12.2 Å². The monoisotopic (exact) mass is 255 g/mol. The van der Waals surface area contributed by atoms with Crippen LogP contribution in [0.5, 0.6) is 5.75 Å². The van der Waals surface area contributed by atoms with E-state index in [1.54, 1.807) is 0 Å². The van der Waals surface area contributed by atoms with Gasteiger partial charge in [0.05, 0.1) is 0 Å². The van der Waals surface area contributed by atoms with Crippen molar-refractivity contribution in [2.45, 2.75) is 20.3 Å². The molecule has 0 bridgehead atoms. The summed E-state index contributed by atoms with van der Waals surface area (Å²) in [6, 6.07) is 16.6. The first-order valence-corrected chi connectivity index (χ1v) is 6.81. The maximum atomic E-state index is 5.82. The third-order valence-electron chi connectivity index (χ3n) is 3.06. The molecule has 100 valence electrons. The second-order valence-electron chi connectivity index (χ2n) is 4.61. The van der Waals surface area contributed by atoms with Gasteiger partial charge in [-0.05, 0) is 42.7 Å². The number of para-hydroxylation sites is 1. The molecule has 2 heteroatoms. The molecule has 0 aliphatic heterocycles. The molecule has 0 saturated heterocycles. The zero-order valence-electron chi connectivity index (χ0n) is 11.6. The fourth-order valence-corrected chi connectivity index (χ4v) is 2.05. The Hall–Kier alpha value is -1.96. The third kappa shape index (κ3) is 4.02. The molecule has 0 aliphatic carbocycles. The fourth-order valence-electron chi connectivity index (χ4n) is 2.05. The topological polar surface area (TPSA) is 21.3 Å². The van der Waals surface area contributed by atoms with Gasteiger partial charge in [-0.15, -0.1) is 0 Å². The molecule has 2 aromatic carbocycles. The molecular formula is C17H21NO. The molecule has 2 aromatic rings. The SMILES string of the molecule is CCc1ccccc1OCCNc1cccc(C)c1. The van der Waals surface area contributed by atoms with Gasteiger partial charge in [-0.25, -0.2) is 0 Å². The van der Waals surface area contributed by atoms with Gasteiger partial charge in [0.2, 0.25) is 0 Å². The normalized spacial score (nSPS) is 10.2. The van der Waals surface area contributed by atoms with Crippen LogP contribution in [0.1, 0.15) is 18.1 Å². The number of anilines is 1. The van der Waals surface area contributed by atoms with Crippen molar-refractivity contribution in [2.75, 3.05) is 18.5 Å². The first-order chi connectivity index (χ1) is 9.29. The van der Waals surface area contributed by atoms with Crippen LogP contribution in [-0.2, 0) is 6.42 Å². The molecule has 0 atom stereocenters. The standard InChI is InChI=1S/C17H21NO/c1-3-15-8-4-5-10-17(15)19-12-11-18-16-9-6-7-14(2)13-16/h4-10,13,18H,3,11-12H2,1-2H3. The van der Waals surface area contributed by atoms with Crippen molar-refractivity contribution in [2.24, 2.45) is 0 Å². The van der Waals surface area contributed by atoms with Crippen molar-refractivity contribution >= 4 is 5.69 Å². The highest BCUT2D eigenvalue weighted by atomic mass is 16.5. The van der Waals surface area contributed by atoms with E-state index in [2.05, 4.69) is 55.6 Å². The van der Waals surface area contributed by atoms with Gasteiger partial charge in [0.1, 0.15) is 12.4 Å². The van der Waals surface area contributed by atoms with Gasteiger partial charge in [0.15, 0.2) is 0 Å². The zero-order chi connectivity index (χ0) is 13.5. The summed E-state index contributed by atoms with van der Waals surface area (Å²) in [6.07, 6.45) is 1.00. The Balaban J connectivity index is 1.81. The Labute approximate surface area is 115 Å². The predicted molar refractivity (Wildman–Crippen MR) is 81.0 cm³/mol. The number of hydrogen-bond acceptors (Lipinski definition) is 2. The van der Waals surface area contributed by atoms with Gasteiger partial charge >= 0.3 is 0 Å². The fraction of sp³-hybridized carbons (Fsp3) is 0.294. The minimum absolute atomic E-state index is 0.672. The van der Waals surface area contributed by atoms with Gasteiger partial charge < -0.3 is 10.1 Å². The Kier molecular flexibility index (Phi) is 4.85. The van der Waals surface area contributed by atoms with Crippen LogP contribution in [0.3, 0.4) is 0 Å². The van der Waals surface area contributed by atoms with Crippen molar-refractivity contribution in [1.82, 2.24) is 0 Å². The van der Waals surface area contributed by atoms with Crippen molar-refractivity contribution in [1.29, 1.82) is 0 Å². The molecule has 2 nitrogen and oxygen atoms in total. The minimum Gasteiger partial charge on any atom is -0.491 e. The molecule has 1 N–H and O–H groups in total. The first kappa shape index (κ1) is 13.5. The van der Waals surface area contributed by atoms with Gasteiger partial charge in [-0.2, -0.15) is 0 Å². The molecule has 0 aliphatic rings. The number of benzene rings is 2. The lowest BCUT2D eigenvalue weighted by atomic mass is 10.1. The van der Waals surface area contributed by atoms with E-state index < -0.39 is 0 Å². The summed E-state index contributed by atoms with van der Waals surface area (Å²) < 4.78 is 5.82. The Morgan fingerprint density at radius 3 is 2.68 bits per heavy atom. The summed E-state index contributed by atoms with van der Waals surface area (Å²) in [4.78, 5) is 0. The van der Waals surface area contributed by atoms with Gasteiger partial charge in [0.25, 0.3) is 0 Å². The average Bonchev–Trinajstić information content (AvgIpc) is 2.44. The van der Waals surface area contributed by atoms with Crippen molar-refractivity contribution in [3.63, 3.8) is 0 Å². The van der Waals surface area contributed by atoms with E-state index in [1.165, 1.54) is 11.1 Å². The van der Waals surface area contributed by atoms with Crippen LogP contribution in [0.25, 0.3) is 0 Å². The molecule has 0 amide bonds. The number of nitrogens with one attached hydrogen (secondary N) is 1. The lowest BCUT2D eigenvalue weighted by molar-refractivity contribution is 0.329. The molecule has 0 radical (unpaired) electrons. The average molecular weight is 255 g/mol. The molecule has 0 saturated carbocycles. The molecule has 0 unspecified atom stereocenters. The van der Waals surface area contributed by atoms with E-state index >= 15 is 0 Å². The van der Waals surface area contributed by atoms with E-state index in [0.717, 1.165) is 24.4 Å². The summed E-state index contributed by atoms with van der Waals surface area (Å²) in [5, 5.41) is 3.37. The maximum Gasteiger partial charge on any atom is 0.122 e. The lowest BCUT2D eigenvalue weighted by Gasteiger charge is -2.11. The minimum atomic E-state index is 0.672. The lowest BCUT2D eigenvalue weighted by Crippen LogP contribution is -2.12. The molecule has 2 rings (SSSR count). The Bertz CT molecular complexity index is 522.